The fourth-order valence-electron chi connectivity index (χ4n) is 2.23. The predicted octanol–water partition coefficient (Wildman–Crippen LogP) is 1.73. The van der Waals surface area contributed by atoms with Gasteiger partial charge in [0.15, 0.2) is 0 Å². The molecule has 2 N–H and O–H groups in total. The number of halogens is 1. The number of rotatable bonds is 5. The van der Waals surface area contributed by atoms with E-state index in [1.165, 1.54) is 0 Å². The number of nitrogens with one attached hydrogen (secondary N) is 2. The van der Waals surface area contributed by atoms with E-state index in [0.717, 1.165) is 56.9 Å². The minimum Gasteiger partial charge on any atom is -0.367 e. The van der Waals surface area contributed by atoms with Gasteiger partial charge in [0.25, 0.3) is 0 Å². The molecule has 2 rings (SSSR count). The molecule has 0 aliphatic carbocycles. The Labute approximate surface area is 108 Å². The summed E-state index contributed by atoms with van der Waals surface area (Å²) in [5, 5.41) is 6.63. The third kappa shape index (κ3) is 3.43. The van der Waals surface area contributed by atoms with Gasteiger partial charge in [-0.2, -0.15) is 0 Å². The molecule has 100 valence electrons. The van der Waals surface area contributed by atoms with Crippen LogP contribution in [0.1, 0.15) is 18.9 Å². The van der Waals surface area contributed by atoms with E-state index < -0.39 is 0 Å². The van der Waals surface area contributed by atoms with Crippen molar-refractivity contribution >= 4 is 5.69 Å². The topological polar surface area (TPSA) is 27.3 Å². The molecule has 1 fully saturated rings. The van der Waals surface area contributed by atoms with Crippen LogP contribution in [0.25, 0.3) is 0 Å². The van der Waals surface area contributed by atoms with Crippen molar-refractivity contribution in [2.45, 2.75) is 19.9 Å². The molecule has 0 spiro atoms. The molecule has 0 unspecified atom stereocenters. The number of benzene rings is 1. The summed E-state index contributed by atoms with van der Waals surface area (Å²) >= 11 is 0. The van der Waals surface area contributed by atoms with E-state index in [4.69, 9.17) is 0 Å². The Morgan fingerprint density at radius 3 is 2.83 bits per heavy atom. The number of hydrogen-bond acceptors (Lipinski definition) is 3. The maximum atomic E-state index is 13.9. The van der Waals surface area contributed by atoms with Crippen molar-refractivity contribution < 1.29 is 4.39 Å². The highest BCUT2D eigenvalue weighted by molar-refractivity contribution is 5.50. The lowest BCUT2D eigenvalue weighted by atomic mass is 10.1. The summed E-state index contributed by atoms with van der Waals surface area (Å²) in [5.74, 6) is -0.115. The Kier molecular flexibility index (Phi) is 4.96. The van der Waals surface area contributed by atoms with Crippen molar-refractivity contribution in [3.63, 3.8) is 0 Å². The molecule has 0 radical (unpaired) electrons. The summed E-state index contributed by atoms with van der Waals surface area (Å²) in [6.07, 6.45) is 1.12. The van der Waals surface area contributed by atoms with Crippen LogP contribution in [0.2, 0.25) is 0 Å². The molecule has 0 saturated carbocycles. The van der Waals surface area contributed by atoms with Crippen LogP contribution in [0.5, 0.6) is 0 Å². The maximum Gasteiger partial charge on any atom is 0.146 e. The summed E-state index contributed by atoms with van der Waals surface area (Å²) in [5.41, 5.74) is 1.89. The first-order chi connectivity index (χ1) is 8.81. The smallest absolute Gasteiger partial charge is 0.146 e. The van der Waals surface area contributed by atoms with Gasteiger partial charge in [0.2, 0.25) is 0 Å². The second-order valence-electron chi connectivity index (χ2n) is 4.70. The van der Waals surface area contributed by atoms with Crippen LogP contribution >= 0.6 is 0 Å². The van der Waals surface area contributed by atoms with Crippen LogP contribution in [-0.2, 0) is 6.54 Å². The highest BCUT2D eigenvalue weighted by Gasteiger charge is 2.14. The molecule has 0 bridgehead atoms. The van der Waals surface area contributed by atoms with E-state index >= 15 is 0 Å². The first-order valence-corrected chi connectivity index (χ1v) is 6.76. The average molecular weight is 251 g/mol. The van der Waals surface area contributed by atoms with Crippen molar-refractivity contribution in [3.8, 4) is 0 Å². The summed E-state index contributed by atoms with van der Waals surface area (Å²) in [4.78, 5) is 2.12. The molecular formula is C14H22FN3. The molecule has 18 heavy (non-hydrogen) atoms. The summed E-state index contributed by atoms with van der Waals surface area (Å²) < 4.78 is 13.9. The van der Waals surface area contributed by atoms with E-state index in [9.17, 15) is 4.39 Å². The molecule has 0 atom stereocenters. The Balaban J connectivity index is 2.05. The van der Waals surface area contributed by atoms with Gasteiger partial charge in [0.1, 0.15) is 5.82 Å². The van der Waals surface area contributed by atoms with E-state index in [1.807, 2.05) is 12.1 Å². The van der Waals surface area contributed by atoms with Gasteiger partial charge < -0.3 is 15.5 Å². The van der Waals surface area contributed by atoms with Crippen LogP contribution in [0.3, 0.4) is 0 Å². The van der Waals surface area contributed by atoms with Crippen molar-refractivity contribution in [2.75, 3.05) is 37.6 Å². The number of anilines is 1. The van der Waals surface area contributed by atoms with Gasteiger partial charge in [0.05, 0.1) is 5.69 Å². The van der Waals surface area contributed by atoms with Gasteiger partial charge in [-0.15, -0.1) is 0 Å². The minimum atomic E-state index is -0.115. The zero-order valence-corrected chi connectivity index (χ0v) is 11.0. The van der Waals surface area contributed by atoms with E-state index in [1.54, 1.807) is 6.07 Å². The molecule has 1 aromatic carbocycles. The molecule has 1 saturated heterocycles. The normalized spacial score (nSPS) is 16.0. The largest absolute Gasteiger partial charge is 0.367 e. The molecule has 0 amide bonds. The molecule has 1 heterocycles. The molecular weight excluding hydrogens is 229 g/mol. The number of hydrogen-bond donors (Lipinski definition) is 2. The highest BCUT2D eigenvalue weighted by atomic mass is 19.1. The van der Waals surface area contributed by atoms with E-state index in [2.05, 4.69) is 22.5 Å². The molecule has 1 aliphatic heterocycles. The fraction of sp³-hybridized carbons (Fsp3) is 0.571. The lowest BCUT2D eigenvalue weighted by Crippen LogP contribution is -2.43. The third-order valence-electron chi connectivity index (χ3n) is 3.22. The standard InChI is InChI=1S/C14H22FN3/c1-2-5-17-11-12-3-4-13(15)14(10-12)18-8-6-16-7-9-18/h3-4,10,16-17H,2,5-9,11H2,1H3. The van der Waals surface area contributed by atoms with Gasteiger partial charge in [-0.05, 0) is 30.7 Å². The molecule has 0 aromatic heterocycles. The first-order valence-electron chi connectivity index (χ1n) is 6.76. The van der Waals surface area contributed by atoms with Crippen molar-refractivity contribution in [1.82, 2.24) is 10.6 Å². The van der Waals surface area contributed by atoms with Gasteiger partial charge >= 0.3 is 0 Å². The zero-order chi connectivity index (χ0) is 12.8. The van der Waals surface area contributed by atoms with Gasteiger partial charge in [-0.25, -0.2) is 4.39 Å². The summed E-state index contributed by atoms with van der Waals surface area (Å²) in [7, 11) is 0. The van der Waals surface area contributed by atoms with Crippen LogP contribution in [-0.4, -0.2) is 32.7 Å². The Morgan fingerprint density at radius 2 is 2.11 bits per heavy atom. The lowest BCUT2D eigenvalue weighted by molar-refractivity contribution is 0.565. The maximum absolute atomic E-state index is 13.9. The molecule has 1 aliphatic rings. The Hall–Kier alpha value is -1.13. The SMILES string of the molecule is CCCNCc1ccc(F)c(N2CCNCC2)c1. The Morgan fingerprint density at radius 1 is 1.33 bits per heavy atom. The second-order valence-corrected chi connectivity index (χ2v) is 4.70. The lowest BCUT2D eigenvalue weighted by Gasteiger charge is -2.30. The predicted molar refractivity (Wildman–Crippen MR) is 73.5 cm³/mol. The number of nitrogens with zero attached hydrogens (tertiary/aromatic N) is 1. The quantitative estimate of drug-likeness (QED) is 0.781. The van der Waals surface area contributed by atoms with Crippen LogP contribution < -0.4 is 15.5 Å². The third-order valence-corrected chi connectivity index (χ3v) is 3.22. The van der Waals surface area contributed by atoms with Crippen LogP contribution in [0, 0.1) is 5.82 Å². The minimum absolute atomic E-state index is 0.115. The number of piperazine rings is 1. The van der Waals surface area contributed by atoms with Gasteiger partial charge in [-0.1, -0.05) is 13.0 Å². The summed E-state index contributed by atoms with van der Waals surface area (Å²) in [6.45, 7) is 7.57. The van der Waals surface area contributed by atoms with Gasteiger partial charge in [0, 0.05) is 32.7 Å². The van der Waals surface area contributed by atoms with E-state index in [0.29, 0.717) is 0 Å². The molecule has 4 heteroatoms. The monoisotopic (exact) mass is 251 g/mol. The first kappa shape index (κ1) is 13.3. The summed E-state index contributed by atoms with van der Waals surface area (Å²) in [6, 6.07) is 5.42. The van der Waals surface area contributed by atoms with Gasteiger partial charge in [-0.3, -0.25) is 0 Å². The Bertz CT molecular complexity index is 375. The average Bonchev–Trinajstić information content (AvgIpc) is 2.42. The van der Waals surface area contributed by atoms with Crippen LogP contribution in [0.4, 0.5) is 10.1 Å². The van der Waals surface area contributed by atoms with Crippen molar-refractivity contribution in [3.05, 3.63) is 29.6 Å². The molecule has 1 aromatic rings. The zero-order valence-electron chi connectivity index (χ0n) is 11.0. The molecule has 3 nitrogen and oxygen atoms in total. The second kappa shape index (κ2) is 6.71. The van der Waals surface area contributed by atoms with Crippen molar-refractivity contribution in [2.24, 2.45) is 0 Å². The van der Waals surface area contributed by atoms with E-state index in [-0.39, 0.29) is 5.82 Å². The van der Waals surface area contributed by atoms with Crippen LogP contribution in [0.15, 0.2) is 18.2 Å². The highest BCUT2D eigenvalue weighted by Crippen LogP contribution is 2.21. The fourth-order valence-corrected chi connectivity index (χ4v) is 2.23. The van der Waals surface area contributed by atoms with Crippen molar-refractivity contribution in [1.29, 1.82) is 0 Å².